The van der Waals surface area contributed by atoms with Crippen molar-refractivity contribution in [3.8, 4) is 0 Å². The Balaban J connectivity index is 2.37. The van der Waals surface area contributed by atoms with Crippen molar-refractivity contribution in [2.45, 2.75) is 6.42 Å². The molecule has 2 aromatic rings. The third kappa shape index (κ3) is 2.98. The SMILES string of the molecule is Cn1c(NS(=O)(=O)CCCCl)nc2cccc(F)c21. The van der Waals surface area contributed by atoms with E-state index in [1.54, 1.807) is 13.1 Å². The van der Waals surface area contributed by atoms with E-state index in [0.29, 0.717) is 11.9 Å². The Morgan fingerprint density at radius 1 is 1.47 bits per heavy atom. The van der Waals surface area contributed by atoms with Crippen LogP contribution in [-0.4, -0.2) is 29.6 Å². The lowest BCUT2D eigenvalue weighted by Gasteiger charge is -2.06. The molecule has 0 radical (unpaired) electrons. The average molecular weight is 306 g/mol. The Hall–Kier alpha value is -1.34. The number of alkyl halides is 1. The molecular formula is C11H13ClFN3O2S. The van der Waals surface area contributed by atoms with Crippen molar-refractivity contribution in [2.75, 3.05) is 16.4 Å². The molecule has 0 aliphatic heterocycles. The van der Waals surface area contributed by atoms with Gasteiger partial charge in [-0.15, -0.1) is 11.6 Å². The first-order valence-electron chi connectivity index (χ1n) is 5.62. The van der Waals surface area contributed by atoms with Gasteiger partial charge in [-0.2, -0.15) is 0 Å². The van der Waals surface area contributed by atoms with Crippen LogP contribution in [0.25, 0.3) is 11.0 Å². The summed E-state index contributed by atoms with van der Waals surface area (Å²) < 4.78 is 40.9. The molecule has 2 rings (SSSR count). The molecule has 0 unspecified atom stereocenters. The van der Waals surface area contributed by atoms with Gasteiger partial charge in [-0.25, -0.2) is 17.8 Å². The predicted molar refractivity (Wildman–Crippen MR) is 73.4 cm³/mol. The summed E-state index contributed by atoms with van der Waals surface area (Å²) in [4.78, 5) is 4.07. The number of para-hydroxylation sites is 1. The van der Waals surface area contributed by atoms with Crippen molar-refractivity contribution in [3.05, 3.63) is 24.0 Å². The second-order valence-corrected chi connectivity index (χ2v) is 6.29. The number of nitrogens with zero attached hydrogens (tertiary/aromatic N) is 2. The normalized spacial score (nSPS) is 11.9. The van der Waals surface area contributed by atoms with Gasteiger partial charge in [0.05, 0.1) is 11.3 Å². The number of imidazole rings is 1. The van der Waals surface area contributed by atoms with Crippen molar-refractivity contribution >= 4 is 38.6 Å². The lowest BCUT2D eigenvalue weighted by Crippen LogP contribution is -2.19. The van der Waals surface area contributed by atoms with Gasteiger partial charge in [0.25, 0.3) is 0 Å². The molecule has 0 fully saturated rings. The van der Waals surface area contributed by atoms with E-state index in [-0.39, 0.29) is 23.1 Å². The quantitative estimate of drug-likeness (QED) is 0.860. The molecule has 0 atom stereocenters. The minimum absolute atomic E-state index is 0.0923. The fraction of sp³-hybridized carbons (Fsp3) is 0.364. The Labute approximate surface area is 115 Å². The number of aryl methyl sites for hydroxylation is 1. The van der Waals surface area contributed by atoms with Gasteiger partial charge in [-0.05, 0) is 18.6 Å². The van der Waals surface area contributed by atoms with Gasteiger partial charge in [0.2, 0.25) is 16.0 Å². The van der Waals surface area contributed by atoms with Crippen LogP contribution in [0.5, 0.6) is 0 Å². The summed E-state index contributed by atoms with van der Waals surface area (Å²) >= 11 is 5.46. The van der Waals surface area contributed by atoms with Crippen molar-refractivity contribution in [2.24, 2.45) is 7.05 Å². The van der Waals surface area contributed by atoms with Crippen LogP contribution in [-0.2, 0) is 17.1 Å². The van der Waals surface area contributed by atoms with Gasteiger partial charge in [-0.3, -0.25) is 4.72 Å². The number of halogens is 2. The molecule has 1 aromatic carbocycles. The average Bonchev–Trinajstić information content (AvgIpc) is 2.65. The molecule has 19 heavy (non-hydrogen) atoms. The highest BCUT2D eigenvalue weighted by atomic mass is 35.5. The van der Waals surface area contributed by atoms with Gasteiger partial charge in [0, 0.05) is 12.9 Å². The Morgan fingerprint density at radius 2 is 2.21 bits per heavy atom. The summed E-state index contributed by atoms with van der Waals surface area (Å²) in [6, 6.07) is 4.45. The highest BCUT2D eigenvalue weighted by molar-refractivity contribution is 7.92. The maximum atomic E-state index is 13.6. The number of hydrogen-bond acceptors (Lipinski definition) is 3. The lowest BCUT2D eigenvalue weighted by atomic mass is 10.3. The third-order valence-electron chi connectivity index (χ3n) is 2.64. The zero-order valence-corrected chi connectivity index (χ0v) is 11.8. The van der Waals surface area contributed by atoms with E-state index in [1.807, 2.05) is 0 Å². The summed E-state index contributed by atoms with van der Waals surface area (Å²) in [5, 5.41) is 0. The number of anilines is 1. The molecular weight excluding hydrogens is 293 g/mol. The molecule has 0 spiro atoms. The van der Waals surface area contributed by atoms with Crippen LogP contribution in [0.2, 0.25) is 0 Å². The summed E-state index contributed by atoms with van der Waals surface area (Å²) in [5.41, 5.74) is 0.662. The molecule has 0 saturated heterocycles. The number of nitrogens with one attached hydrogen (secondary N) is 1. The summed E-state index contributed by atoms with van der Waals surface area (Å²) in [7, 11) is -1.97. The number of sulfonamides is 1. The van der Waals surface area contributed by atoms with Crippen LogP contribution in [0.4, 0.5) is 10.3 Å². The highest BCUT2D eigenvalue weighted by Crippen LogP contribution is 2.21. The number of rotatable bonds is 5. The van der Waals surface area contributed by atoms with Gasteiger partial charge < -0.3 is 4.57 Å². The van der Waals surface area contributed by atoms with E-state index >= 15 is 0 Å². The smallest absolute Gasteiger partial charge is 0.235 e. The maximum absolute atomic E-state index is 13.6. The van der Waals surface area contributed by atoms with Crippen molar-refractivity contribution in [3.63, 3.8) is 0 Å². The molecule has 0 bridgehead atoms. The van der Waals surface area contributed by atoms with Gasteiger partial charge in [0.15, 0.2) is 0 Å². The van der Waals surface area contributed by atoms with E-state index in [2.05, 4.69) is 9.71 Å². The predicted octanol–water partition coefficient (Wildman–Crippen LogP) is 2.08. The maximum Gasteiger partial charge on any atom is 0.235 e. The van der Waals surface area contributed by atoms with Crippen LogP contribution in [0.3, 0.4) is 0 Å². The molecule has 0 aliphatic carbocycles. The van der Waals surface area contributed by atoms with E-state index < -0.39 is 15.8 Å². The number of hydrogen-bond donors (Lipinski definition) is 1. The molecule has 0 amide bonds. The fourth-order valence-electron chi connectivity index (χ4n) is 1.75. The topological polar surface area (TPSA) is 64.0 Å². The molecule has 1 N–H and O–H groups in total. The zero-order valence-electron chi connectivity index (χ0n) is 10.2. The monoisotopic (exact) mass is 305 g/mol. The molecule has 8 heteroatoms. The second-order valence-electron chi connectivity index (χ2n) is 4.07. The highest BCUT2D eigenvalue weighted by Gasteiger charge is 2.16. The first-order valence-corrected chi connectivity index (χ1v) is 7.80. The minimum Gasteiger partial charge on any atom is -0.310 e. The van der Waals surface area contributed by atoms with Crippen LogP contribution in [0, 0.1) is 5.82 Å². The number of benzene rings is 1. The molecule has 104 valence electrons. The Kier molecular flexibility index (Phi) is 3.96. The summed E-state index contributed by atoms with van der Waals surface area (Å²) in [6.07, 6.45) is 0.342. The molecule has 0 aliphatic rings. The molecule has 0 saturated carbocycles. The van der Waals surface area contributed by atoms with E-state index in [4.69, 9.17) is 11.6 Å². The Morgan fingerprint density at radius 3 is 2.84 bits per heavy atom. The first-order chi connectivity index (χ1) is 8.94. The van der Waals surface area contributed by atoms with Crippen LogP contribution < -0.4 is 4.72 Å². The van der Waals surface area contributed by atoms with E-state index in [0.717, 1.165) is 0 Å². The van der Waals surface area contributed by atoms with Crippen molar-refractivity contribution < 1.29 is 12.8 Å². The largest absolute Gasteiger partial charge is 0.310 e. The van der Waals surface area contributed by atoms with Gasteiger partial charge in [0.1, 0.15) is 11.3 Å². The number of aromatic nitrogens is 2. The second kappa shape index (κ2) is 5.34. The van der Waals surface area contributed by atoms with Gasteiger partial charge >= 0.3 is 0 Å². The molecule has 1 heterocycles. The van der Waals surface area contributed by atoms with Crippen molar-refractivity contribution in [1.82, 2.24) is 9.55 Å². The summed E-state index contributed by atoms with van der Waals surface area (Å²) in [6.45, 7) is 0. The van der Waals surface area contributed by atoms with Crippen LogP contribution in [0.15, 0.2) is 18.2 Å². The lowest BCUT2D eigenvalue weighted by molar-refractivity contribution is 0.599. The third-order valence-corrected chi connectivity index (χ3v) is 4.23. The minimum atomic E-state index is -3.52. The molecule has 1 aromatic heterocycles. The Bertz CT molecular complexity index is 699. The van der Waals surface area contributed by atoms with E-state index in [9.17, 15) is 12.8 Å². The van der Waals surface area contributed by atoms with Crippen molar-refractivity contribution in [1.29, 1.82) is 0 Å². The van der Waals surface area contributed by atoms with E-state index in [1.165, 1.54) is 16.7 Å². The fourth-order valence-corrected chi connectivity index (χ4v) is 3.13. The standard InChI is InChI=1S/C11H13ClFN3O2S/c1-16-10-8(13)4-2-5-9(10)14-11(16)15-19(17,18)7-3-6-12/h2,4-5H,3,6-7H2,1H3,(H,14,15). The zero-order chi connectivity index (χ0) is 14.0. The van der Waals surface area contributed by atoms with Crippen LogP contribution >= 0.6 is 11.6 Å². The van der Waals surface area contributed by atoms with Gasteiger partial charge in [-0.1, -0.05) is 6.07 Å². The first kappa shape index (κ1) is 14.1. The van der Waals surface area contributed by atoms with Crippen LogP contribution in [0.1, 0.15) is 6.42 Å². The number of fused-ring (bicyclic) bond motifs is 1. The molecule has 5 nitrogen and oxygen atoms in total. The summed E-state index contributed by atoms with van der Waals surface area (Å²) in [5.74, 6) is -0.186.